The normalized spacial score (nSPS) is 14.4. The molecule has 1 saturated carbocycles. The molecule has 3 aromatic carbocycles. The zero-order chi connectivity index (χ0) is 25.3. The number of nitrogens with one attached hydrogen (secondary N) is 1. The number of carbonyl (C=O) groups is 2. The number of hydrogen-bond acceptors (Lipinski definition) is 2. The van der Waals surface area contributed by atoms with Crippen molar-refractivity contribution in [3.63, 3.8) is 0 Å². The number of benzene rings is 3. The van der Waals surface area contributed by atoms with Crippen molar-refractivity contribution in [2.24, 2.45) is 0 Å². The van der Waals surface area contributed by atoms with Gasteiger partial charge in [-0.15, -0.1) is 0 Å². The molecule has 0 bridgehead atoms. The molecule has 0 unspecified atom stereocenters. The van der Waals surface area contributed by atoms with Gasteiger partial charge >= 0.3 is 0 Å². The average Bonchev–Trinajstić information content (AvgIpc) is 3.40. The third kappa shape index (κ3) is 7.03. The van der Waals surface area contributed by atoms with Crippen LogP contribution in [-0.4, -0.2) is 28.8 Å². The maximum absolute atomic E-state index is 14.7. The number of aryl methyl sites for hydroxylation is 2. The van der Waals surface area contributed by atoms with Crippen molar-refractivity contribution in [2.45, 2.75) is 70.5 Å². The summed E-state index contributed by atoms with van der Waals surface area (Å²) in [6.45, 7) is 2.08. The van der Waals surface area contributed by atoms with Gasteiger partial charge in [-0.3, -0.25) is 9.59 Å². The molecule has 0 heterocycles. The lowest BCUT2D eigenvalue weighted by Crippen LogP contribution is -2.52. The number of nitrogens with zero attached hydrogens (tertiary/aromatic N) is 1. The Hall–Kier alpha value is -3.47. The van der Waals surface area contributed by atoms with Gasteiger partial charge in [-0.05, 0) is 43.4 Å². The second-order valence-electron chi connectivity index (χ2n) is 9.79. The molecule has 1 aliphatic carbocycles. The summed E-state index contributed by atoms with van der Waals surface area (Å²) in [6, 6.07) is 23.7. The van der Waals surface area contributed by atoms with Crippen molar-refractivity contribution in [1.29, 1.82) is 0 Å². The Bertz CT molecular complexity index is 1140. The molecule has 1 atom stereocenters. The van der Waals surface area contributed by atoms with E-state index in [9.17, 15) is 14.0 Å². The van der Waals surface area contributed by atoms with E-state index in [4.69, 9.17) is 0 Å². The summed E-state index contributed by atoms with van der Waals surface area (Å²) in [6.07, 6.45) is 5.31. The van der Waals surface area contributed by atoms with E-state index >= 15 is 0 Å². The van der Waals surface area contributed by atoms with E-state index in [2.05, 4.69) is 5.32 Å². The molecule has 0 aromatic heterocycles. The highest BCUT2D eigenvalue weighted by molar-refractivity contribution is 5.88. The van der Waals surface area contributed by atoms with Crippen LogP contribution in [-0.2, 0) is 29.0 Å². The Kier molecular flexibility index (Phi) is 8.88. The molecule has 4 nitrogen and oxygen atoms in total. The standard InChI is InChI=1S/C31H35FN2O2/c1-23-15-17-24(18-16-23)19-20-30(35)34(22-26-11-5-8-14-28(26)32)29(21-25-9-3-2-4-10-25)31(36)33-27-12-6-7-13-27/h2-5,8-11,14-18,27,29H,6-7,12-13,19-22H2,1H3,(H,33,36)/t29-/m1/s1. The lowest BCUT2D eigenvalue weighted by Gasteiger charge is -2.32. The maximum atomic E-state index is 14.7. The predicted molar refractivity (Wildman–Crippen MR) is 141 cm³/mol. The SMILES string of the molecule is Cc1ccc(CCC(=O)N(Cc2ccccc2F)[C@H](Cc2ccccc2)C(=O)NC2CCCC2)cc1. The molecular formula is C31H35FN2O2. The molecule has 1 N–H and O–H groups in total. The zero-order valence-electron chi connectivity index (χ0n) is 21.0. The fraction of sp³-hybridized carbons (Fsp3) is 0.355. The summed E-state index contributed by atoms with van der Waals surface area (Å²) >= 11 is 0. The summed E-state index contributed by atoms with van der Waals surface area (Å²) in [5, 5.41) is 3.19. The zero-order valence-corrected chi connectivity index (χ0v) is 21.0. The number of rotatable bonds is 10. The fourth-order valence-electron chi connectivity index (χ4n) is 4.88. The second-order valence-corrected chi connectivity index (χ2v) is 9.79. The molecule has 4 rings (SSSR count). The van der Waals surface area contributed by atoms with Gasteiger partial charge in [-0.25, -0.2) is 4.39 Å². The molecule has 3 aromatic rings. The minimum Gasteiger partial charge on any atom is -0.352 e. The van der Waals surface area contributed by atoms with Crippen LogP contribution >= 0.6 is 0 Å². The molecule has 1 aliphatic rings. The Morgan fingerprint density at radius 1 is 0.917 bits per heavy atom. The van der Waals surface area contributed by atoms with Crippen molar-refractivity contribution in [3.8, 4) is 0 Å². The number of halogens is 1. The van der Waals surface area contributed by atoms with E-state index in [1.54, 1.807) is 23.1 Å². The monoisotopic (exact) mass is 486 g/mol. The van der Waals surface area contributed by atoms with Gasteiger partial charge in [0.25, 0.3) is 0 Å². The van der Waals surface area contributed by atoms with Crippen molar-refractivity contribution in [2.75, 3.05) is 0 Å². The van der Waals surface area contributed by atoms with Gasteiger partial charge in [0, 0.05) is 31.0 Å². The van der Waals surface area contributed by atoms with E-state index < -0.39 is 6.04 Å². The van der Waals surface area contributed by atoms with E-state index in [0.29, 0.717) is 18.4 Å². The van der Waals surface area contributed by atoms with Crippen LogP contribution in [0.2, 0.25) is 0 Å². The van der Waals surface area contributed by atoms with Gasteiger partial charge < -0.3 is 10.2 Å². The van der Waals surface area contributed by atoms with E-state index in [1.165, 1.54) is 6.07 Å². The topological polar surface area (TPSA) is 49.4 Å². The highest BCUT2D eigenvalue weighted by atomic mass is 19.1. The van der Waals surface area contributed by atoms with Crippen LogP contribution in [0.15, 0.2) is 78.9 Å². The third-order valence-corrected chi connectivity index (χ3v) is 7.02. The van der Waals surface area contributed by atoms with Crippen LogP contribution in [0.1, 0.15) is 54.4 Å². The summed E-state index contributed by atoms with van der Waals surface area (Å²) in [4.78, 5) is 28.9. The minimum absolute atomic E-state index is 0.0506. The molecule has 36 heavy (non-hydrogen) atoms. The first-order valence-electron chi connectivity index (χ1n) is 12.9. The molecule has 0 saturated heterocycles. The van der Waals surface area contributed by atoms with Crippen molar-refractivity contribution in [3.05, 3.63) is 107 Å². The minimum atomic E-state index is -0.724. The van der Waals surface area contributed by atoms with Gasteiger partial charge in [0.2, 0.25) is 11.8 Å². The van der Waals surface area contributed by atoms with Gasteiger partial charge in [-0.1, -0.05) is 91.2 Å². The fourth-order valence-corrected chi connectivity index (χ4v) is 4.88. The summed E-state index contributed by atoms with van der Waals surface area (Å²) in [5.41, 5.74) is 3.61. The van der Waals surface area contributed by atoms with Crippen LogP contribution in [0.3, 0.4) is 0 Å². The Morgan fingerprint density at radius 3 is 2.28 bits per heavy atom. The first-order valence-corrected chi connectivity index (χ1v) is 12.9. The van der Waals surface area contributed by atoms with Crippen molar-refractivity contribution in [1.82, 2.24) is 10.2 Å². The molecule has 2 amide bonds. The first-order chi connectivity index (χ1) is 17.5. The third-order valence-electron chi connectivity index (χ3n) is 7.02. The van der Waals surface area contributed by atoms with Crippen LogP contribution in [0.5, 0.6) is 0 Å². The summed E-state index contributed by atoms with van der Waals surface area (Å²) < 4.78 is 14.7. The smallest absolute Gasteiger partial charge is 0.243 e. The summed E-state index contributed by atoms with van der Waals surface area (Å²) in [7, 11) is 0. The van der Waals surface area contributed by atoms with E-state index in [-0.39, 0.29) is 36.6 Å². The van der Waals surface area contributed by atoms with Gasteiger partial charge in [0.1, 0.15) is 11.9 Å². The first kappa shape index (κ1) is 25.6. The summed E-state index contributed by atoms with van der Waals surface area (Å²) in [5.74, 6) is -0.685. The highest BCUT2D eigenvalue weighted by Gasteiger charge is 2.32. The molecule has 0 aliphatic heterocycles. The Labute approximate surface area is 213 Å². The van der Waals surface area contributed by atoms with Crippen LogP contribution in [0.4, 0.5) is 4.39 Å². The largest absolute Gasteiger partial charge is 0.352 e. The van der Waals surface area contributed by atoms with E-state index in [1.807, 2.05) is 61.5 Å². The van der Waals surface area contributed by atoms with Crippen molar-refractivity contribution >= 4 is 11.8 Å². The number of amides is 2. The molecule has 188 valence electrons. The number of hydrogen-bond donors (Lipinski definition) is 1. The molecule has 0 spiro atoms. The Morgan fingerprint density at radius 2 is 1.58 bits per heavy atom. The lowest BCUT2D eigenvalue weighted by atomic mass is 10.0. The van der Waals surface area contributed by atoms with E-state index in [0.717, 1.165) is 42.4 Å². The van der Waals surface area contributed by atoms with Crippen LogP contribution in [0, 0.1) is 12.7 Å². The molecule has 0 radical (unpaired) electrons. The number of carbonyl (C=O) groups excluding carboxylic acids is 2. The molecular weight excluding hydrogens is 451 g/mol. The van der Waals surface area contributed by atoms with Gasteiger partial charge in [0.05, 0.1) is 0 Å². The maximum Gasteiger partial charge on any atom is 0.243 e. The molecule has 1 fully saturated rings. The van der Waals surface area contributed by atoms with Crippen LogP contribution < -0.4 is 5.32 Å². The Balaban J connectivity index is 1.61. The van der Waals surface area contributed by atoms with Gasteiger partial charge in [-0.2, -0.15) is 0 Å². The van der Waals surface area contributed by atoms with Crippen molar-refractivity contribution < 1.29 is 14.0 Å². The second kappa shape index (κ2) is 12.5. The average molecular weight is 487 g/mol. The highest BCUT2D eigenvalue weighted by Crippen LogP contribution is 2.21. The quantitative estimate of drug-likeness (QED) is 0.396. The van der Waals surface area contributed by atoms with Gasteiger partial charge in [0.15, 0.2) is 0 Å². The predicted octanol–water partition coefficient (Wildman–Crippen LogP) is 5.77. The molecule has 5 heteroatoms. The van der Waals surface area contributed by atoms with Crippen LogP contribution in [0.25, 0.3) is 0 Å². The lowest BCUT2D eigenvalue weighted by molar-refractivity contribution is -0.141.